The van der Waals surface area contributed by atoms with Gasteiger partial charge in [-0.25, -0.2) is 0 Å². The zero-order chi connectivity index (χ0) is 97.7. The van der Waals surface area contributed by atoms with Gasteiger partial charge in [0, 0.05) is 77.9 Å². The molecule has 20 aromatic rings. The summed E-state index contributed by atoms with van der Waals surface area (Å²) in [7, 11) is 0. The van der Waals surface area contributed by atoms with Crippen molar-refractivity contribution in [1.82, 2.24) is 9.13 Å². The second-order valence-corrected chi connectivity index (χ2v) is 45.3. The van der Waals surface area contributed by atoms with Crippen molar-refractivity contribution >= 4 is 101 Å². The smallest absolute Gasteiger partial charge is 0.252 e. The summed E-state index contributed by atoms with van der Waals surface area (Å²) in [5.74, 6) is 1.29. The van der Waals surface area contributed by atoms with E-state index in [9.17, 15) is 0 Å². The van der Waals surface area contributed by atoms with Gasteiger partial charge in [0.2, 0.25) is 0 Å². The molecular weight excluding hydrogens is 1700 g/mol. The van der Waals surface area contributed by atoms with Crippen LogP contribution in [0.1, 0.15) is 207 Å². The average molecular weight is 1830 g/mol. The molecule has 18 aromatic carbocycles. The maximum atomic E-state index is 2.81. The van der Waals surface area contributed by atoms with Gasteiger partial charge in [0.1, 0.15) is 0 Å². The molecule has 0 spiro atoms. The van der Waals surface area contributed by atoms with Gasteiger partial charge >= 0.3 is 0 Å². The molecule has 694 valence electrons. The number of hydrogen-bond acceptors (Lipinski definition) is 2. The van der Waals surface area contributed by atoms with Crippen LogP contribution in [0.25, 0.3) is 155 Å². The molecule has 2 aliphatic heterocycles. The average Bonchev–Trinajstić information content (AvgIpc) is 1.24. The standard InChI is InChI=1S/C136H127BN4/c1-84(2)92-53-61-122-116(71-92)117-72-93(85(3)4)54-62-123(117)138(122)110-57-59-120-126(82-110)140(131-112(90-41-29-23-30-42-90)78-108(135(15,16)17)80-114(131)102-51-35-49-100(67-102)98-47-33-45-96(65-98)88-37-25-21-26-38-88)128-75-105(104-69-106(133(9,10)11)77-107(70-104)134(12,13)14)76-129-130(128)137(120)121-60-58-111(139-124-63-55-94(86(5)6)73-118(124)119-74-95(87(7)8)56-64-125(119)139)83-127(121)141(129)132-113(91-43-31-24-32-44-91)79-109(136(18,19)20)81-115(132)103-52-36-50-101(68-103)99-48-34-46-97(66-99)89-39-27-22-28-40-89/h21-87H,1-20H3. The van der Waals surface area contributed by atoms with Crippen LogP contribution in [0, 0.1) is 0 Å². The molecule has 22 rings (SSSR count). The normalized spacial score (nSPS) is 12.9. The molecular formula is C136H127BN4. The fourth-order valence-electron chi connectivity index (χ4n) is 22.1. The maximum Gasteiger partial charge on any atom is 0.252 e. The minimum absolute atomic E-state index is 0.233. The summed E-state index contributed by atoms with van der Waals surface area (Å²) in [6.07, 6.45) is 0. The first-order valence-electron chi connectivity index (χ1n) is 51.1. The van der Waals surface area contributed by atoms with E-state index in [2.05, 4.69) is 540 Å². The third kappa shape index (κ3) is 16.5. The Bertz CT molecular complexity index is 7700. The summed E-state index contributed by atoms with van der Waals surface area (Å²) in [6.45, 7) is 47.0. The minimum atomic E-state index is -0.369. The van der Waals surface area contributed by atoms with Gasteiger partial charge in [-0.05, 0) is 318 Å². The van der Waals surface area contributed by atoms with Gasteiger partial charge in [0.05, 0.1) is 33.4 Å². The maximum absolute atomic E-state index is 2.81. The van der Waals surface area contributed by atoms with Crippen molar-refractivity contribution in [3.05, 3.63) is 427 Å². The Balaban J connectivity index is 0.939. The van der Waals surface area contributed by atoms with Gasteiger partial charge in [-0.2, -0.15) is 0 Å². The van der Waals surface area contributed by atoms with Crippen LogP contribution in [-0.2, 0) is 21.7 Å². The van der Waals surface area contributed by atoms with Gasteiger partial charge in [-0.1, -0.05) is 387 Å². The number of nitrogens with zero attached hydrogens (tertiary/aromatic N) is 4. The van der Waals surface area contributed by atoms with E-state index in [1.165, 1.54) is 127 Å². The molecule has 2 aliphatic rings. The predicted octanol–water partition coefficient (Wildman–Crippen LogP) is 36.7. The molecule has 0 amide bonds. The second-order valence-electron chi connectivity index (χ2n) is 45.3. The van der Waals surface area contributed by atoms with E-state index in [1.807, 2.05) is 0 Å². The highest BCUT2D eigenvalue weighted by atomic mass is 15.2. The van der Waals surface area contributed by atoms with Crippen molar-refractivity contribution in [2.45, 2.75) is 184 Å². The van der Waals surface area contributed by atoms with E-state index in [4.69, 9.17) is 0 Å². The van der Waals surface area contributed by atoms with E-state index < -0.39 is 0 Å². The largest absolute Gasteiger partial charge is 0.310 e. The van der Waals surface area contributed by atoms with E-state index in [0.29, 0.717) is 23.7 Å². The van der Waals surface area contributed by atoms with Gasteiger partial charge < -0.3 is 18.9 Å². The highest BCUT2D eigenvalue weighted by molar-refractivity contribution is 7.00. The van der Waals surface area contributed by atoms with Gasteiger partial charge in [-0.15, -0.1) is 0 Å². The van der Waals surface area contributed by atoms with Gasteiger partial charge in [0.25, 0.3) is 6.71 Å². The molecule has 0 unspecified atom stereocenters. The lowest BCUT2D eigenvalue weighted by molar-refractivity contribution is 0.569. The van der Waals surface area contributed by atoms with Crippen molar-refractivity contribution in [3.8, 4) is 112 Å². The lowest BCUT2D eigenvalue weighted by Crippen LogP contribution is -2.61. The van der Waals surface area contributed by atoms with Crippen LogP contribution in [0.15, 0.2) is 382 Å². The monoisotopic (exact) mass is 1830 g/mol. The highest BCUT2D eigenvalue weighted by Gasteiger charge is 2.47. The van der Waals surface area contributed by atoms with Crippen molar-refractivity contribution in [2.75, 3.05) is 9.80 Å². The summed E-state index contributed by atoms with van der Waals surface area (Å²) in [6, 6.07) is 149. The van der Waals surface area contributed by atoms with Crippen LogP contribution >= 0.6 is 0 Å². The molecule has 0 saturated carbocycles. The van der Waals surface area contributed by atoms with Crippen LogP contribution in [0.5, 0.6) is 0 Å². The van der Waals surface area contributed by atoms with Crippen LogP contribution < -0.4 is 26.2 Å². The molecule has 141 heavy (non-hydrogen) atoms. The van der Waals surface area contributed by atoms with Crippen LogP contribution in [0.4, 0.5) is 34.1 Å². The SMILES string of the molecule is CC(C)c1ccc2c(c1)c1cc(C(C)C)ccc1n2-c1ccc2c(c1)N(c1c(-c3ccccc3)cc(C(C)(C)C)cc1-c1cccc(-c3cccc(-c4ccccc4)c3)c1)c1cc(-c3cc(C(C)(C)C)cc(C(C)(C)C)c3)cc3c1B2c1ccc(-n2c4ccc(C(C)C)cc4c4cc(C(C)C)ccc42)cc1N3c1c(-c2ccccc2)cc(C(C)(C)C)cc1-c1cccc(-c2cccc(-c3ccccc3)c2)c1. The van der Waals surface area contributed by atoms with Crippen molar-refractivity contribution in [2.24, 2.45) is 0 Å². The zero-order valence-corrected chi connectivity index (χ0v) is 85.5. The van der Waals surface area contributed by atoms with Crippen LogP contribution in [-0.4, -0.2) is 15.8 Å². The molecule has 0 N–H and O–H groups in total. The van der Waals surface area contributed by atoms with Gasteiger partial charge in [-0.3, -0.25) is 0 Å². The van der Waals surface area contributed by atoms with E-state index in [-0.39, 0.29) is 28.4 Å². The summed E-state index contributed by atoms with van der Waals surface area (Å²) in [4.78, 5) is 5.62. The third-order valence-electron chi connectivity index (χ3n) is 30.4. The zero-order valence-electron chi connectivity index (χ0n) is 85.5. The lowest BCUT2D eigenvalue weighted by atomic mass is 9.33. The first kappa shape index (κ1) is 91.3. The first-order valence-corrected chi connectivity index (χ1v) is 51.1. The van der Waals surface area contributed by atoms with E-state index >= 15 is 0 Å². The number of hydrogen-bond donors (Lipinski definition) is 0. The Morgan fingerprint density at radius 3 is 0.752 bits per heavy atom. The fraction of sp³-hybridized carbons (Fsp3) is 0.206. The van der Waals surface area contributed by atoms with Crippen molar-refractivity contribution in [3.63, 3.8) is 0 Å². The molecule has 0 aliphatic carbocycles. The van der Waals surface area contributed by atoms with E-state index in [0.717, 1.165) is 123 Å². The minimum Gasteiger partial charge on any atom is -0.310 e. The lowest BCUT2D eigenvalue weighted by Gasteiger charge is -2.46. The molecule has 4 heterocycles. The number of rotatable bonds is 17. The predicted molar refractivity (Wildman–Crippen MR) is 609 cm³/mol. The summed E-state index contributed by atoms with van der Waals surface area (Å²) in [5, 5.41) is 5.04. The Morgan fingerprint density at radius 2 is 0.454 bits per heavy atom. The topological polar surface area (TPSA) is 16.3 Å². The quantitative estimate of drug-likeness (QED) is 0.0845. The molecule has 4 nitrogen and oxygen atoms in total. The Kier molecular flexibility index (Phi) is 22.8. The first-order chi connectivity index (χ1) is 67.7. The molecule has 5 heteroatoms. The second kappa shape index (κ2) is 35.2. The molecule has 2 aromatic heterocycles. The number of benzene rings is 18. The number of aromatic nitrogens is 2. The Labute approximate surface area is 835 Å². The van der Waals surface area contributed by atoms with Crippen LogP contribution in [0.3, 0.4) is 0 Å². The number of fused-ring (bicyclic) bond motifs is 10. The third-order valence-corrected chi connectivity index (χ3v) is 30.4. The Morgan fingerprint density at radius 1 is 0.199 bits per heavy atom. The van der Waals surface area contributed by atoms with Crippen LogP contribution in [0.2, 0.25) is 0 Å². The summed E-state index contributed by atoms with van der Waals surface area (Å²) < 4.78 is 5.20. The molecule has 0 radical (unpaired) electrons. The molecule has 0 fully saturated rings. The highest BCUT2D eigenvalue weighted by Crippen LogP contribution is 2.58. The summed E-state index contributed by atoms with van der Waals surface area (Å²) in [5.41, 5.74) is 47.0. The van der Waals surface area contributed by atoms with Crippen molar-refractivity contribution in [1.29, 1.82) is 0 Å². The fourth-order valence-corrected chi connectivity index (χ4v) is 22.1. The van der Waals surface area contributed by atoms with E-state index in [1.54, 1.807) is 0 Å². The molecule has 0 bridgehead atoms. The summed E-state index contributed by atoms with van der Waals surface area (Å²) >= 11 is 0. The Hall–Kier alpha value is -14.8. The van der Waals surface area contributed by atoms with Crippen molar-refractivity contribution < 1.29 is 0 Å². The number of anilines is 6. The molecule has 0 saturated heterocycles. The van der Waals surface area contributed by atoms with Gasteiger partial charge in [0.15, 0.2) is 0 Å². The molecule has 0 atom stereocenters.